The summed E-state index contributed by atoms with van der Waals surface area (Å²) in [7, 11) is 0. The Bertz CT molecular complexity index is 1290. The molecular formula is C25H25ClFN7O. The summed E-state index contributed by atoms with van der Waals surface area (Å²) < 4.78 is 21.9. The molecule has 8 nitrogen and oxygen atoms in total. The molecule has 0 spiro atoms. The summed E-state index contributed by atoms with van der Waals surface area (Å²) in [5.41, 5.74) is 2.22. The van der Waals surface area contributed by atoms with E-state index < -0.39 is 5.95 Å². The van der Waals surface area contributed by atoms with Crippen molar-refractivity contribution < 1.29 is 9.13 Å². The zero-order valence-electron chi connectivity index (χ0n) is 19.2. The van der Waals surface area contributed by atoms with Crippen LogP contribution in [-0.2, 0) is 17.8 Å². The number of ether oxygens (including phenoxy) is 1. The van der Waals surface area contributed by atoms with E-state index in [0.29, 0.717) is 18.4 Å². The average Bonchev–Trinajstić information content (AvgIpc) is 3.52. The van der Waals surface area contributed by atoms with Crippen molar-refractivity contribution in [3.8, 4) is 11.8 Å². The Kier molecular flexibility index (Phi) is 5.88. The van der Waals surface area contributed by atoms with E-state index in [1.54, 1.807) is 6.07 Å². The first-order valence-corrected chi connectivity index (χ1v) is 12.3. The molecule has 0 bridgehead atoms. The van der Waals surface area contributed by atoms with Crippen LogP contribution in [0.3, 0.4) is 0 Å². The van der Waals surface area contributed by atoms with Crippen LogP contribution in [0.2, 0.25) is 5.02 Å². The maximum atomic E-state index is 14.0. The lowest BCUT2D eigenvalue weighted by Crippen LogP contribution is -2.34. The van der Waals surface area contributed by atoms with Crippen LogP contribution in [0.1, 0.15) is 48.0 Å². The summed E-state index contributed by atoms with van der Waals surface area (Å²) in [5, 5.41) is 19.0. The highest BCUT2D eigenvalue weighted by Gasteiger charge is 2.33. The van der Waals surface area contributed by atoms with Crippen LogP contribution in [0.4, 0.5) is 10.2 Å². The van der Waals surface area contributed by atoms with Gasteiger partial charge >= 0.3 is 0 Å². The first kappa shape index (κ1) is 22.4. The van der Waals surface area contributed by atoms with Crippen molar-refractivity contribution in [2.75, 3.05) is 31.2 Å². The van der Waals surface area contributed by atoms with E-state index in [1.807, 2.05) is 18.2 Å². The van der Waals surface area contributed by atoms with Gasteiger partial charge in [0.25, 0.3) is 0 Å². The second-order valence-corrected chi connectivity index (χ2v) is 9.82. The van der Waals surface area contributed by atoms with Crippen LogP contribution >= 0.6 is 11.6 Å². The van der Waals surface area contributed by atoms with E-state index in [-0.39, 0.29) is 11.5 Å². The van der Waals surface area contributed by atoms with Crippen LogP contribution in [-0.4, -0.2) is 57.0 Å². The largest absolute Gasteiger partial charge is 0.380 e. The number of nitriles is 1. The van der Waals surface area contributed by atoms with Gasteiger partial charge < -0.3 is 9.64 Å². The fraction of sp³-hybridized carbons (Fsp3) is 0.440. The van der Waals surface area contributed by atoms with Crippen molar-refractivity contribution in [1.82, 2.24) is 24.6 Å². The average molecular weight is 494 g/mol. The Morgan fingerprint density at radius 3 is 2.69 bits per heavy atom. The molecule has 1 atom stereocenters. The summed E-state index contributed by atoms with van der Waals surface area (Å²) in [6, 6.07) is 11.4. The number of fused-ring (bicyclic) bond motifs is 3. The molecule has 2 fully saturated rings. The summed E-state index contributed by atoms with van der Waals surface area (Å²) >= 11 is 6.39. The molecule has 0 aliphatic carbocycles. The van der Waals surface area contributed by atoms with Gasteiger partial charge in [0.15, 0.2) is 5.82 Å². The van der Waals surface area contributed by atoms with Crippen molar-refractivity contribution in [2.45, 2.75) is 44.3 Å². The van der Waals surface area contributed by atoms with Gasteiger partial charge in [0.1, 0.15) is 23.3 Å². The summed E-state index contributed by atoms with van der Waals surface area (Å²) in [4.78, 5) is 8.49. The normalized spacial score (nSPS) is 20.8. The number of hydrogen-bond acceptors (Lipinski definition) is 7. The van der Waals surface area contributed by atoms with Gasteiger partial charge in [0.05, 0.1) is 18.8 Å². The summed E-state index contributed by atoms with van der Waals surface area (Å²) in [5.74, 6) is 1.97. The molecule has 35 heavy (non-hydrogen) atoms. The number of aromatic nitrogens is 4. The fourth-order valence-corrected chi connectivity index (χ4v) is 5.63. The third kappa shape index (κ3) is 4.16. The molecule has 0 amide bonds. The molecule has 0 N–H and O–H groups in total. The molecule has 180 valence electrons. The Morgan fingerprint density at radius 2 is 1.94 bits per heavy atom. The van der Waals surface area contributed by atoms with E-state index in [9.17, 15) is 4.39 Å². The Labute approximate surface area is 207 Å². The van der Waals surface area contributed by atoms with E-state index in [0.717, 1.165) is 74.5 Å². The third-order valence-electron chi connectivity index (χ3n) is 7.32. The molecule has 2 aromatic heterocycles. The molecule has 6 rings (SSSR count). The Morgan fingerprint density at radius 1 is 1.09 bits per heavy atom. The van der Waals surface area contributed by atoms with Crippen LogP contribution < -0.4 is 4.90 Å². The molecule has 0 unspecified atom stereocenters. The number of rotatable bonds is 3. The maximum Gasteiger partial charge on any atom is 0.232 e. The minimum absolute atomic E-state index is 0.0354. The summed E-state index contributed by atoms with van der Waals surface area (Å²) in [6.45, 7) is 4.48. The lowest BCUT2D eigenvalue weighted by Gasteiger charge is -2.32. The molecule has 5 heterocycles. The number of pyridine rings is 1. The molecule has 1 aromatic carbocycles. The molecule has 0 radical (unpaired) electrons. The van der Waals surface area contributed by atoms with Crippen LogP contribution in [0.15, 0.2) is 30.3 Å². The molecule has 3 aromatic rings. The van der Waals surface area contributed by atoms with Gasteiger partial charge in [-0.25, -0.2) is 4.98 Å². The van der Waals surface area contributed by atoms with Crippen molar-refractivity contribution in [3.63, 3.8) is 0 Å². The zero-order valence-corrected chi connectivity index (χ0v) is 20.0. The quantitative estimate of drug-likeness (QED) is 0.513. The summed E-state index contributed by atoms with van der Waals surface area (Å²) in [6.07, 6.45) is 2.72. The minimum atomic E-state index is -0.720. The van der Waals surface area contributed by atoms with Crippen molar-refractivity contribution in [3.05, 3.63) is 64.1 Å². The third-order valence-corrected chi connectivity index (χ3v) is 7.55. The van der Waals surface area contributed by atoms with E-state index in [2.05, 4.69) is 35.6 Å². The second kappa shape index (κ2) is 9.19. The fourth-order valence-electron chi connectivity index (χ4n) is 5.43. The Hall–Kier alpha value is -3.06. The van der Waals surface area contributed by atoms with Gasteiger partial charge in [-0.3, -0.25) is 9.47 Å². The van der Waals surface area contributed by atoms with Crippen molar-refractivity contribution in [1.29, 1.82) is 5.26 Å². The topological polar surface area (TPSA) is 83.1 Å². The first-order valence-electron chi connectivity index (χ1n) is 12.0. The van der Waals surface area contributed by atoms with Gasteiger partial charge in [-0.2, -0.15) is 9.65 Å². The molecule has 2 saturated heterocycles. The van der Waals surface area contributed by atoms with E-state index in [1.165, 1.54) is 11.6 Å². The van der Waals surface area contributed by atoms with E-state index in [4.69, 9.17) is 21.6 Å². The molecule has 3 aliphatic heterocycles. The van der Waals surface area contributed by atoms with Crippen LogP contribution in [0.5, 0.6) is 0 Å². The number of nitrogens with zero attached hydrogens (tertiary/aromatic N) is 7. The van der Waals surface area contributed by atoms with E-state index >= 15 is 0 Å². The second-order valence-electron chi connectivity index (χ2n) is 9.39. The van der Waals surface area contributed by atoms with Gasteiger partial charge in [-0.05, 0) is 55.2 Å². The lowest BCUT2D eigenvalue weighted by atomic mass is 9.95. The number of benzene rings is 1. The van der Waals surface area contributed by atoms with Crippen LogP contribution in [0, 0.1) is 17.3 Å². The Balaban J connectivity index is 1.28. The van der Waals surface area contributed by atoms with Crippen molar-refractivity contribution in [2.24, 2.45) is 0 Å². The highest BCUT2D eigenvalue weighted by molar-refractivity contribution is 6.30. The van der Waals surface area contributed by atoms with Crippen molar-refractivity contribution >= 4 is 17.4 Å². The maximum absolute atomic E-state index is 14.0. The van der Waals surface area contributed by atoms with Gasteiger partial charge in [0.2, 0.25) is 5.95 Å². The molecule has 10 heteroatoms. The number of halogens is 2. The van der Waals surface area contributed by atoms with Gasteiger partial charge in [-0.15, -0.1) is 10.2 Å². The molecular weight excluding hydrogens is 469 g/mol. The smallest absolute Gasteiger partial charge is 0.232 e. The van der Waals surface area contributed by atoms with Crippen LogP contribution in [0.25, 0.3) is 5.69 Å². The zero-order chi connectivity index (χ0) is 23.9. The number of piperidine rings is 1. The lowest BCUT2D eigenvalue weighted by molar-refractivity contribution is 0.133. The highest BCUT2D eigenvalue weighted by Crippen LogP contribution is 2.35. The minimum Gasteiger partial charge on any atom is -0.380 e. The molecule has 0 saturated carbocycles. The first-order chi connectivity index (χ1) is 17.1. The highest BCUT2D eigenvalue weighted by atomic mass is 35.5. The predicted octanol–water partition coefficient (Wildman–Crippen LogP) is 3.81. The predicted molar refractivity (Wildman–Crippen MR) is 128 cm³/mol. The van der Waals surface area contributed by atoms with Gasteiger partial charge in [0, 0.05) is 43.2 Å². The number of hydrogen-bond donors (Lipinski definition) is 0. The number of anilines is 1. The van der Waals surface area contributed by atoms with Gasteiger partial charge in [-0.1, -0.05) is 11.6 Å². The monoisotopic (exact) mass is 493 g/mol. The SMILES string of the molecule is N#Cc1ccc(N2CCC(c3nnc4n3-c3ccc(Cl)cc3CN([C@@H]3CCOC3)C4)CC2)nc1F. The molecule has 3 aliphatic rings. The standard InChI is InChI=1S/C25H25ClFN7O/c26-19-2-3-21-18(11-19)13-33(20-7-10-35-15-20)14-23-30-31-25(34(21)23)16-5-8-32(9-6-16)22-4-1-17(12-28)24(27)29-22/h1-4,11,16,20H,5-10,13-15H2/t20-/m1/s1.